The van der Waals surface area contributed by atoms with E-state index in [2.05, 4.69) is 12.6 Å². The largest absolute Gasteiger partial charge is 0.297 e. The summed E-state index contributed by atoms with van der Waals surface area (Å²) in [6.07, 6.45) is 0.833. The van der Waals surface area contributed by atoms with Gasteiger partial charge in [-0.05, 0) is 13.0 Å². The van der Waals surface area contributed by atoms with E-state index in [0.29, 0.717) is 0 Å². The van der Waals surface area contributed by atoms with E-state index in [1.807, 2.05) is 13.0 Å². The number of carbonyl (C=O) groups excluding carboxylic acids is 1. The minimum absolute atomic E-state index is 0.718. The highest BCUT2D eigenvalue weighted by molar-refractivity contribution is 7.80. The first-order valence-corrected chi connectivity index (χ1v) is 3.75. The lowest BCUT2D eigenvalue weighted by atomic mass is 10.4. The molecule has 1 heterocycles. The van der Waals surface area contributed by atoms with Gasteiger partial charge in [0.2, 0.25) is 0 Å². The van der Waals surface area contributed by atoms with Crippen LogP contribution in [-0.2, 0) is 0 Å². The Bertz CT molecular complexity index is 227. The molecule has 0 aliphatic carbocycles. The van der Waals surface area contributed by atoms with E-state index >= 15 is 0 Å². The Morgan fingerprint density at radius 3 is 2.67 bits per heavy atom. The van der Waals surface area contributed by atoms with Crippen LogP contribution in [0.15, 0.2) is 11.0 Å². The molecule has 1 aromatic rings. The Morgan fingerprint density at radius 2 is 2.44 bits per heavy atom. The van der Waals surface area contributed by atoms with Gasteiger partial charge in [-0.3, -0.25) is 4.79 Å². The van der Waals surface area contributed by atoms with Crippen molar-refractivity contribution < 1.29 is 4.79 Å². The Hall–Kier alpha value is -0.280. The third-order valence-electron chi connectivity index (χ3n) is 0.970. The molecule has 1 nitrogen and oxygen atoms in total. The highest BCUT2D eigenvalue weighted by atomic mass is 32.1. The molecule has 0 radical (unpaired) electrons. The van der Waals surface area contributed by atoms with Crippen LogP contribution in [0.5, 0.6) is 0 Å². The van der Waals surface area contributed by atoms with Crippen LogP contribution in [0.3, 0.4) is 0 Å². The van der Waals surface area contributed by atoms with Crippen LogP contribution in [0.2, 0.25) is 0 Å². The molecule has 1 aromatic heterocycles. The van der Waals surface area contributed by atoms with E-state index in [-0.39, 0.29) is 0 Å². The molecule has 0 aromatic carbocycles. The number of aldehydes is 1. The molecular formula is C6H6OS2. The molecule has 0 fully saturated rings. The number of carbonyl (C=O) groups is 1. The summed E-state index contributed by atoms with van der Waals surface area (Å²) >= 11 is 5.55. The first-order chi connectivity index (χ1) is 4.24. The van der Waals surface area contributed by atoms with Gasteiger partial charge in [0.05, 0.1) is 4.88 Å². The van der Waals surface area contributed by atoms with Crippen molar-refractivity contribution in [2.45, 2.75) is 11.8 Å². The van der Waals surface area contributed by atoms with Gasteiger partial charge in [-0.2, -0.15) is 0 Å². The van der Waals surface area contributed by atoms with Crippen LogP contribution in [0.4, 0.5) is 0 Å². The fourth-order valence-electron chi connectivity index (χ4n) is 0.603. The van der Waals surface area contributed by atoms with Gasteiger partial charge in [-0.15, -0.1) is 24.0 Å². The maximum absolute atomic E-state index is 10.2. The van der Waals surface area contributed by atoms with Gasteiger partial charge in [0.1, 0.15) is 0 Å². The van der Waals surface area contributed by atoms with E-state index in [0.717, 1.165) is 20.9 Å². The van der Waals surface area contributed by atoms with Crippen LogP contribution in [0.1, 0.15) is 14.5 Å². The minimum Gasteiger partial charge on any atom is -0.297 e. The zero-order chi connectivity index (χ0) is 6.85. The molecule has 0 unspecified atom stereocenters. The molecule has 9 heavy (non-hydrogen) atoms. The fourth-order valence-corrected chi connectivity index (χ4v) is 1.81. The smallest absolute Gasteiger partial charge is 0.161 e. The van der Waals surface area contributed by atoms with E-state index < -0.39 is 0 Å². The number of thiol groups is 1. The standard InChI is InChI=1S/C6H6OS2/c1-4-2-5(8)6(3-7)9-4/h2-3,8H,1H3. The van der Waals surface area contributed by atoms with Gasteiger partial charge in [-0.25, -0.2) is 0 Å². The summed E-state index contributed by atoms with van der Waals surface area (Å²) in [6, 6.07) is 1.89. The van der Waals surface area contributed by atoms with Crippen molar-refractivity contribution in [3.63, 3.8) is 0 Å². The summed E-state index contributed by atoms with van der Waals surface area (Å²) in [6.45, 7) is 1.96. The predicted molar refractivity (Wildman–Crippen MR) is 41.7 cm³/mol. The van der Waals surface area contributed by atoms with Crippen LogP contribution < -0.4 is 0 Å². The Kier molecular flexibility index (Phi) is 1.93. The lowest BCUT2D eigenvalue weighted by molar-refractivity contribution is 0.112. The maximum atomic E-state index is 10.2. The quantitative estimate of drug-likeness (QED) is 0.489. The van der Waals surface area contributed by atoms with Crippen molar-refractivity contribution >= 4 is 30.3 Å². The number of thiophene rings is 1. The first-order valence-electron chi connectivity index (χ1n) is 2.48. The minimum atomic E-state index is 0.718. The molecule has 0 aliphatic heterocycles. The first kappa shape index (κ1) is 6.83. The van der Waals surface area contributed by atoms with Gasteiger partial charge in [0, 0.05) is 9.77 Å². The Morgan fingerprint density at radius 1 is 1.78 bits per heavy atom. The second kappa shape index (κ2) is 2.54. The van der Waals surface area contributed by atoms with Crippen molar-refractivity contribution in [3.8, 4) is 0 Å². The van der Waals surface area contributed by atoms with Crippen molar-refractivity contribution in [2.75, 3.05) is 0 Å². The highest BCUT2D eigenvalue weighted by Gasteiger charge is 1.99. The second-order valence-corrected chi connectivity index (χ2v) is 3.49. The Balaban J connectivity index is 3.15. The predicted octanol–water partition coefficient (Wildman–Crippen LogP) is 2.16. The zero-order valence-corrected chi connectivity index (χ0v) is 6.63. The van der Waals surface area contributed by atoms with Gasteiger partial charge < -0.3 is 0 Å². The van der Waals surface area contributed by atoms with Gasteiger partial charge in [-0.1, -0.05) is 0 Å². The molecule has 0 N–H and O–H groups in total. The third-order valence-corrected chi connectivity index (χ3v) is 2.47. The molecule has 1 rings (SSSR count). The van der Waals surface area contributed by atoms with Crippen molar-refractivity contribution in [2.24, 2.45) is 0 Å². The summed E-state index contributed by atoms with van der Waals surface area (Å²) in [4.78, 5) is 12.8. The summed E-state index contributed by atoms with van der Waals surface area (Å²) < 4.78 is 0. The summed E-state index contributed by atoms with van der Waals surface area (Å²) in [5.41, 5.74) is 0. The number of aryl methyl sites for hydroxylation is 1. The monoisotopic (exact) mass is 158 g/mol. The van der Waals surface area contributed by atoms with E-state index in [1.54, 1.807) is 0 Å². The lowest BCUT2D eigenvalue weighted by Crippen LogP contribution is -1.67. The van der Waals surface area contributed by atoms with Crippen LogP contribution in [0, 0.1) is 6.92 Å². The molecule has 3 heteroatoms. The summed E-state index contributed by atoms with van der Waals surface area (Å²) in [5, 5.41) is 0. The number of rotatable bonds is 1. The summed E-state index contributed by atoms with van der Waals surface area (Å²) in [7, 11) is 0. The van der Waals surface area contributed by atoms with E-state index in [9.17, 15) is 4.79 Å². The summed E-state index contributed by atoms with van der Waals surface area (Å²) in [5.74, 6) is 0. The molecular weight excluding hydrogens is 152 g/mol. The molecule has 0 amide bonds. The van der Waals surface area contributed by atoms with Crippen LogP contribution in [0.25, 0.3) is 0 Å². The van der Waals surface area contributed by atoms with Gasteiger partial charge >= 0.3 is 0 Å². The molecule has 0 saturated carbocycles. The van der Waals surface area contributed by atoms with Crippen molar-refractivity contribution in [1.29, 1.82) is 0 Å². The van der Waals surface area contributed by atoms with E-state index in [4.69, 9.17) is 0 Å². The SMILES string of the molecule is Cc1cc(S)c(C=O)s1. The van der Waals surface area contributed by atoms with E-state index in [1.165, 1.54) is 11.3 Å². The second-order valence-electron chi connectivity index (χ2n) is 1.72. The Labute approximate surface area is 63.1 Å². The van der Waals surface area contributed by atoms with Crippen molar-refractivity contribution in [1.82, 2.24) is 0 Å². The maximum Gasteiger partial charge on any atom is 0.161 e. The van der Waals surface area contributed by atoms with Crippen molar-refractivity contribution in [3.05, 3.63) is 15.8 Å². The molecule has 0 saturated heterocycles. The molecule has 0 atom stereocenters. The molecule has 0 aliphatic rings. The third kappa shape index (κ3) is 1.34. The number of hydrogen-bond donors (Lipinski definition) is 1. The number of hydrogen-bond acceptors (Lipinski definition) is 3. The van der Waals surface area contributed by atoms with Crippen LogP contribution in [-0.4, -0.2) is 6.29 Å². The average molecular weight is 158 g/mol. The highest BCUT2D eigenvalue weighted by Crippen LogP contribution is 2.22. The lowest BCUT2D eigenvalue weighted by Gasteiger charge is -1.78. The average Bonchev–Trinajstić information content (AvgIpc) is 2.10. The molecule has 48 valence electrons. The zero-order valence-electron chi connectivity index (χ0n) is 4.92. The molecule has 0 spiro atoms. The van der Waals surface area contributed by atoms with Gasteiger partial charge in [0.25, 0.3) is 0 Å². The fraction of sp³-hybridized carbons (Fsp3) is 0.167. The van der Waals surface area contributed by atoms with Gasteiger partial charge in [0.15, 0.2) is 6.29 Å². The normalized spacial score (nSPS) is 9.56. The molecule has 0 bridgehead atoms. The van der Waals surface area contributed by atoms with Crippen LogP contribution >= 0.6 is 24.0 Å². The topological polar surface area (TPSA) is 17.1 Å².